The fourth-order valence-electron chi connectivity index (χ4n) is 3.18. The zero-order valence-corrected chi connectivity index (χ0v) is 14.3. The fourth-order valence-corrected chi connectivity index (χ4v) is 3.43. The third-order valence-corrected chi connectivity index (χ3v) is 5.00. The molecular formula is C18H22ClFN2O2. The molecule has 3 rings (SSSR count). The molecule has 1 saturated heterocycles. The van der Waals surface area contributed by atoms with Crippen LogP contribution in [0.2, 0.25) is 5.02 Å². The lowest BCUT2D eigenvalue weighted by Gasteiger charge is -2.33. The number of nitrogens with zero attached hydrogens (tertiary/aromatic N) is 1. The van der Waals surface area contributed by atoms with E-state index in [2.05, 4.69) is 5.32 Å². The molecule has 2 aliphatic rings. The van der Waals surface area contributed by atoms with Gasteiger partial charge in [-0.05, 0) is 56.2 Å². The summed E-state index contributed by atoms with van der Waals surface area (Å²) in [6.07, 6.45) is 5.43. The number of likely N-dealkylation sites (tertiary alicyclic amines) is 1. The molecule has 1 aliphatic carbocycles. The average Bonchev–Trinajstić information content (AvgIpc) is 3.36. The Hall–Kier alpha value is -1.62. The number of carbonyl (C=O) groups excluding carboxylic acids is 2. The monoisotopic (exact) mass is 352 g/mol. The molecule has 4 nitrogen and oxygen atoms in total. The van der Waals surface area contributed by atoms with Crippen LogP contribution in [0.25, 0.3) is 0 Å². The molecule has 1 aliphatic heterocycles. The van der Waals surface area contributed by atoms with Crippen molar-refractivity contribution < 1.29 is 14.0 Å². The lowest BCUT2D eigenvalue weighted by Crippen LogP contribution is -2.40. The number of piperidine rings is 1. The van der Waals surface area contributed by atoms with Gasteiger partial charge in [0, 0.05) is 25.6 Å². The third kappa shape index (κ3) is 4.47. The van der Waals surface area contributed by atoms with E-state index in [0.717, 1.165) is 32.1 Å². The van der Waals surface area contributed by atoms with Crippen LogP contribution in [0.1, 0.15) is 48.9 Å². The van der Waals surface area contributed by atoms with Gasteiger partial charge in [0.25, 0.3) is 5.91 Å². The van der Waals surface area contributed by atoms with Crippen molar-refractivity contribution in [2.24, 2.45) is 5.92 Å². The second-order valence-electron chi connectivity index (χ2n) is 6.76. The van der Waals surface area contributed by atoms with Gasteiger partial charge in [-0.25, -0.2) is 4.39 Å². The first-order chi connectivity index (χ1) is 11.5. The molecule has 0 aromatic heterocycles. The third-order valence-electron chi connectivity index (χ3n) is 4.69. The number of amides is 2. The number of carbonyl (C=O) groups is 2. The Labute approximate surface area is 146 Å². The van der Waals surface area contributed by atoms with Gasteiger partial charge in [-0.1, -0.05) is 11.6 Å². The molecule has 0 unspecified atom stereocenters. The van der Waals surface area contributed by atoms with E-state index in [0.29, 0.717) is 37.0 Å². The summed E-state index contributed by atoms with van der Waals surface area (Å²) in [5, 5.41) is 3.14. The van der Waals surface area contributed by atoms with Crippen molar-refractivity contribution >= 4 is 23.4 Å². The van der Waals surface area contributed by atoms with Gasteiger partial charge in [0.1, 0.15) is 5.82 Å². The van der Waals surface area contributed by atoms with Crippen LogP contribution in [-0.2, 0) is 4.79 Å². The lowest BCUT2D eigenvalue weighted by atomic mass is 9.92. The van der Waals surface area contributed by atoms with Crippen molar-refractivity contribution in [1.82, 2.24) is 10.2 Å². The molecule has 24 heavy (non-hydrogen) atoms. The predicted octanol–water partition coefficient (Wildman–Crippen LogP) is 3.39. The minimum atomic E-state index is -0.449. The molecule has 1 heterocycles. The van der Waals surface area contributed by atoms with E-state index >= 15 is 0 Å². The topological polar surface area (TPSA) is 49.4 Å². The molecule has 0 bridgehead atoms. The highest BCUT2D eigenvalue weighted by molar-refractivity contribution is 6.33. The molecule has 1 saturated carbocycles. The van der Waals surface area contributed by atoms with Crippen molar-refractivity contribution in [3.63, 3.8) is 0 Å². The van der Waals surface area contributed by atoms with Crippen molar-refractivity contribution in [3.8, 4) is 0 Å². The molecule has 2 amide bonds. The van der Waals surface area contributed by atoms with E-state index < -0.39 is 5.82 Å². The van der Waals surface area contributed by atoms with E-state index in [1.165, 1.54) is 18.2 Å². The first kappa shape index (κ1) is 17.2. The minimum absolute atomic E-state index is 0.113. The maximum atomic E-state index is 13.1. The van der Waals surface area contributed by atoms with Gasteiger partial charge in [-0.3, -0.25) is 9.59 Å². The molecule has 0 radical (unpaired) electrons. The van der Waals surface area contributed by atoms with Gasteiger partial charge in [0.05, 0.1) is 10.6 Å². The van der Waals surface area contributed by atoms with Crippen molar-refractivity contribution in [1.29, 1.82) is 0 Å². The standard InChI is InChI=1S/C18H22ClFN2O2/c19-16-10-13(20)4-7-15(16)18(24)22-9-1-2-12(11-22)3-8-17(23)21-14-5-6-14/h4,7,10,12,14H,1-3,5-6,8-9,11H2,(H,21,23)/t12-/m1/s1. The van der Waals surface area contributed by atoms with Crippen LogP contribution in [0.5, 0.6) is 0 Å². The Kier molecular flexibility index (Phi) is 5.39. The highest BCUT2D eigenvalue weighted by atomic mass is 35.5. The number of hydrogen-bond donors (Lipinski definition) is 1. The molecule has 130 valence electrons. The average molecular weight is 353 g/mol. The largest absolute Gasteiger partial charge is 0.353 e. The van der Waals surface area contributed by atoms with Crippen LogP contribution < -0.4 is 5.32 Å². The quantitative estimate of drug-likeness (QED) is 0.883. The summed E-state index contributed by atoms with van der Waals surface area (Å²) in [5.41, 5.74) is 0.338. The van der Waals surface area contributed by atoms with Crippen LogP contribution in [0.15, 0.2) is 18.2 Å². The molecule has 0 spiro atoms. The van der Waals surface area contributed by atoms with Gasteiger partial charge in [0.2, 0.25) is 5.91 Å². The number of benzene rings is 1. The maximum Gasteiger partial charge on any atom is 0.255 e. The molecule has 1 aromatic rings. The van der Waals surface area contributed by atoms with Crippen LogP contribution in [0, 0.1) is 11.7 Å². The molecule has 1 N–H and O–H groups in total. The summed E-state index contributed by atoms with van der Waals surface area (Å²) in [7, 11) is 0. The Morgan fingerprint density at radius 2 is 2.08 bits per heavy atom. The van der Waals surface area contributed by atoms with Gasteiger partial charge in [-0.15, -0.1) is 0 Å². The summed E-state index contributed by atoms with van der Waals surface area (Å²) in [6.45, 7) is 1.31. The van der Waals surface area contributed by atoms with E-state index in [9.17, 15) is 14.0 Å². The van der Waals surface area contributed by atoms with Gasteiger partial charge >= 0.3 is 0 Å². The summed E-state index contributed by atoms with van der Waals surface area (Å²) in [5.74, 6) is -0.170. The van der Waals surface area contributed by atoms with Crippen LogP contribution in [-0.4, -0.2) is 35.8 Å². The van der Waals surface area contributed by atoms with Crippen molar-refractivity contribution in [2.75, 3.05) is 13.1 Å². The number of rotatable bonds is 5. The highest BCUT2D eigenvalue weighted by Crippen LogP contribution is 2.25. The SMILES string of the molecule is O=C(CC[C@H]1CCCN(C(=O)c2ccc(F)cc2Cl)C1)NC1CC1. The van der Waals surface area contributed by atoms with Crippen molar-refractivity contribution in [3.05, 3.63) is 34.6 Å². The molecular weight excluding hydrogens is 331 g/mol. The van der Waals surface area contributed by atoms with E-state index in [1.54, 1.807) is 4.90 Å². The van der Waals surface area contributed by atoms with Crippen LogP contribution in [0.3, 0.4) is 0 Å². The minimum Gasteiger partial charge on any atom is -0.353 e. The molecule has 6 heteroatoms. The molecule has 1 atom stereocenters. The van der Waals surface area contributed by atoms with Crippen LogP contribution in [0.4, 0.5) is 4.39 Å². The predicted molar refractivity (Wildman–Crippen MR) is 90.4 cm³/mol. The van der Waals surface area contributed by atoms with Gasteiger partial charge in [-0.2, -0.15) is 0 Å². The summed E-state index contributed by atoms with van der Waals surface area (Å²) < 4.78 is 13.1. The smallest absolute Gasteiger partial charge is 0.255 e. The normalized spacial score (nSPS) is 20.8. The Balaban J connectivity index is 1.54. The lowest BCUT2D eigenvalue weighted by molar-refractivity contribution is -0.121. The second kappa shape index (κ2) is 7.51. The van der Waals surface area contributed by atoms with Gasteiger partial charge in [0.15, 0.2) is 0 Å². The number of halogens is 2. The molecule has 2 fully saturated rings. The summed E-state index contributed by atoms with van der Waals surface area (Å²) in [6, 6.07) is 4.25. The molecule has 1 aromatic carbocycles. The maximum absolute atomic E-state index is 13.1. The van der Waals surface area contributed by atoms with E-state index in [4.69, 9.17) is 11.6 Å². The summed E-state index contributed by atoms with van der Waals surface area (Å²) >= 11 is 6.00. The van der Waals surface area contributed by atoms with Crippen molar-refractivity contribution in [2.45, 2.75) is 44.6 Å². The fraction of sp³-hybridized carbons (Fsp3) is 0.556. The Morgan fingerprint density at radius 1 is 1.29 bits per heavy atom. The van der Waals surface area contributed by atoms with E-state index in [-0.39, 0.29) is 16.8 Å². The first-order valence-electron chi connectivity index (χ1n) is 8.56. The second-order valence-corrected chi connectivity index (χ2v) is 7.17. The van der Waals surface area contributed by atoms with E-state index in [1.807, 2.05) is 0 Å². The Morgan fingerprint density at radius 3 is 2.79 bits per heavy atom. The summed E-state index contributed by atoms with van der Waals surface area (Å²) in [4.78, 5) is 26.2. The van der Waals surface area contributed by atoms with Crippen LogP contribution >= 0.6 is 11.6 Å². The number of nitrogens with one attached hydrogen (secondary N) is 1. The Bertz CT molecular complexity index is 633. The van der Waals surface area contributed by atoms with Gasteiger partial charge < -0.3 is 10.2 Å². The highest BCUT2D eigenvalue weighted by Gasteiger charge is 2.27. The zero-order chi connectivity index (χ0) is 17.1. The first-order valence-corrected chi connectivity index (χ1v) is 8.94. The zero-order valence-electron chi connectivity index (χ0n) is 13.6. The number of hydrogen-bond acceptors (Lipinski definition) is 2.